The van der Waals surface area contributed by atoms with Gasteiger partial charge in [-0.3, -0.25) is 0 Å². The van der Waals surface area contributed by atoms with E-state index in [0.717, 1.165) is 23.6 Å². The van der Waals surface area contributed by atoms with Crippen molar-refractivity contribution in [1.82, 2.24) is 5.32 Å². The van der Waals surface area contributed by atoms with Crippen molar-refractivity contribution in [2.45, 2.75) is 37.6 Å². The zero-order chi connectivity index (χ0) is 15.1. The number of thioether (sulfide) groups is 1. The summed E-state index contributed by atoms with van der Waals surface area (Å²) < 4.78 is 10.3. The van der Waals surface area contributed by atoms with Crippen LogP contribution in [-0.4, -0.2) is 37.5 Å². The molecule has 21 heavy (non-hydrogen) atoms. The van der Waals surface area contributed by atoms with Gasteiger partial charge < -0.3 is 14.8 Å². The molecule has 1 aromatic rings. The number of esters is 1. The summed E-state index contributed by atoms with van der Waals surface area (Å²) in [6, 6.07) is 6.72. The molecule has 2 rings (SSSR count). The van der Waals surface area contributed by atoms with Crippen LogP contribution in [0.2, 0.25) is 0 Å². The Bertz CT molecular complexity index is 473. The second kappa shape index (κ2) is 8.29. The van der Waals surface area contributed by atoms with Gasteiger partial charge in [-0.05, 0) is 57.0 Å². The molecular formula is C16H23NO3S. The van der Waals surface area contributed by atoms with E-state index < -0.39 is 0 Å². The first kappa shape index (κ1) is 16.2. The van der Waals surface area contributed by atoms with E-state index in [4.69, 9.17) is 9.47 Å². The molecule has 0 radical (unpaired) electrons. The van der Waals surface area contributed by atoms with Crippen molar-refractivity contribution in [2.24, 2.45) is 0 Å². The summed E-state index contributed by atoms with van der Waals surface area (Å²) in [6.45, 7) is 5.27. The van der Waals surface area contributed by atoms with Crippen molar-refractivity contribution in [3.05, 3.63) is 23.8 Å². The van der Waals surface area contributed by atoms with Gasteiger partial charge in [0.25, 0.3) is 0 Å². The lowest BCUT2D eigenvalue weighted by Gasteiger charge is -2.12. The molecule has 116 valence electrons. The van der Waals surface area contributed by atoms with Gasteiger partial charge in [-0.15, -0.1) is 11.8 Å². The van der Waals surface area contributed by atoms with Gasteiger partial charge in [0.2, 0.25) is 0 Å². The molecule has 1 aromatic carbocycles. The maximum Gasteiger partial charge on any atom is 0.344 e. The number of rotatable bonds is 7. The third-order valence-corrected chi connectivity index (χ3v) is 4.57. The van der Waals surface area contributed by atoms with Crippen LogP contribution < -0.4 is 10.1 Å². The monoisotopic (exact) mass is 309 g/mol. The predicted molar refractivity (Wildman–Crippen MR) is 85.1 cm³/mol. The minimum absolute atomic E-state index is 0.0346. The lowest BCUT2D eigenvalue weighted by molar-refractivity contribution is -0.145. The minimum atomic E-state index is -0.331. The first-order chi connectivity index (χ1) is 10.2. The van der Waals surface area contributed by atoms with E-state index in [1.54, 1.807) is 6.92 Å². The Morgan fingerprint density at radius 1 is 1.48 bits per heavy atom. The summed E-state index contributed by atoms with van der Waals surface area (Å²) in [5.41, 5.74) is 1.05. The fraction of sp³-hybridized carbons (Fsp3) is 0.562. The number of carbonyl (C=O) groups excluding carboxylic acids is 1. The van der Waals surface area contributed by atoms with Crippen molar-refractivity contribution >= 4 is 17.7 Å². The Morgan fingerprint density at radius 2 is 2.33 bits per heavy atom. The highest BCUT2D eigenvalue weighted by atomic mass is 32.2. The molecule has 0 aliphatic carbocycles. The van der Waals surface area contributed by atoms with Crippen LogP contribution in [0.4, 0.5) is 0 Å². The van der Waals surface area contributed by atoms with Crippen LogP contribution in [0.3, 0.4) is 0 Å². The highest BCUT2D eigenvalue weighted by Gasteiger charge is 2.14. The molecule has 1 fully saturated rings. The van der Waals surface area contributed by atoms with Crippen LogP contribution in [0.25, 0.3) is 0 Å². The largest absolute Gasteiger partial charge is 0.482 e. The van der Waals surface area contributed by atoms with Gasteiger partial charge in [-0.2, -0.15) is 0 Å². The molecule has 0 saturated carbocycles. The molecular weight excluding hydrogens is 286 g/mol. The second-order valence-electron chi connectivity index (χ2n) is 5.13. The van der Waals surface area contributed by atoms with Crippen LogP contribution in [0.15, 0.2) is 23.1 Å². The molecule has 1 heterocycles. The van der Waals surface area contributed by atoms with E-state index in [0.29, 0.717) is 12.6 Å². The molecule has 1 aliphatic rings. The Morgan fingerprint density at radius 3 is 3.00 bits per heavy atom. The summed E-state index contributed by atoms with van der Waals surface area (Å²) in [7, 11) is 0. The van der Waals surface area contributed by atoms with Crippen molar-refractivity contribution < 1.29 is 14.3 Å². The number of benzene rings is 1. The van der Waals surface area contributed by atoms with Gasteiger partial charge in [0, 0.05) is 16.7 Å². The molecule has 0 bridgehead atoms. The quantitative estimate of drug-likeness (QED) is 0.620. The van der Waals surface area contributed by atoms with Crippen molar-refractivity contribution in [1.29, 1.82) is 0 Å². The minimum Gasteiger partial charge on any atom is -0.482 e. The second-order valence-corrected chi connectivity index (χ2v) is 6.22. The van der Waals surface area contributed by atoms with E-state index >= 15 is 0 Å². The zero-order valence-corrected chi connectivity index (χ0v) is 13.5. The van der Waals surface area contributed by atoms with Crippen LogP contribution in [0.1, 0.15) is 25.3 Å². The summed E-state index contributed by atoms with van der Waals surface area (Å²) in [4.78, 5) is 12.5. The molecule has 5 heteroatoms. The van der Waals surface area contributed by atoms with Gasteiger partial charge in [-0.1, -0.05) is 0 Å². The van der Waals surface area contributed by atoms with Gasteiger partial charge in [0.15, 0.2) is 6.61 Å². The summed E-state index contributed by atoms with van der Waals surface area (Å²) in [6.07, 6.45) is 2.55. The third-order valence-electron chi connectivity index (χ3n) is 3.41. The first-order valence-corrected chi connectivity index (χ1v) is 8.43. The number of nitrogens with one attached hydrogen (secondary N) is 1. The van der Waals surface area contributed by atoms with Gasteiger partial charge >= 0.3 is 5.97 Å². The lowest BCUT2D eigenvalue weighted by atomic mass is 10.2. The topological polar surface area (TPSA) is 47.6 Å². The molecule has 0 spiro atoms. The number of aryl methyl sites for hydroxylation is 1. The molecule has 4 nitrogen and oxygen atoms in total. The Kier molecular flexibility index (Phi) is 6.39. The van der Waals surface area contributed by atoms with E-state index in [9.17, 15) is 4.79 Å². The Balaban J connectivity index is 1.83. The summed E-state index contributed by atoms with van der Waals surface area (Å²) in [5.74, 6) is 1.51. The first-order valence-electron chi connectivity index (χ1n) is 7.44. The van der Waals surface area contributed by atoms with Crippen molar-refractivity contribution in [3.8, 4) is 5.75 Å². The molecule has 1 atom stereocenters. The van der Waals surface area contributed by atoms with Gasteiger partial charge in [0.05, 0.1) is 6.61 Å². The van der Waals surface area contributed by atoms with E-state index in [2.05, 4.69) is 11.4 Å². The van der Waals surface area contributed by atoms with Crippen LogP contribution in [0, 0.1) is 6.92 Å². The molecule has 0 unspecified atom stereocenters. The number of carbonyl (C=O) groups is 1. The maximum absolute atomic E-state index is 11.3. The SMILES string of the molecule is CCOC(=O)COc1ccc(SC[C@@H]2CCCN2)cc1C. The number of hydrogen-bond donors (Lipinski definition) is 1. The molecule has 1 saturated heterocycles. The molecule has 0 amide bonds. The zero-order valence-electron chi connectivity index (χ0n) is 12.7. The van der Waals surface area contributed by atoms with Crippen LogP contribution in [-0.2, 0) is 9.53 Å². The van der Waals surface area contributed by atoms with Gasteiger partial charge in [0.1, 0.15) is 5.75 Å². The van der Waals surface area contributed by atoms with E-state index in [1.807, 2.05) is 30.8 Å². The number of ether oxygens (including phenoxy) is 2. The van der Waals surface area contributed by atoms with Crippen molar-refractivity contribution in [2.75, 3.05) is 25.5 Å². The molecule has 1 aliphatic heterocycles. The fourth-order valence-electron chi connectivity index (χ4n) is 2.31. The van der Waals surface area contributed by atoms with E-state index in [1.165, 1.54) is 17.7 Å². The normalized spacial score (nSPS) is 17.7. The summed E-state index contributed by atoms with van der Waals surface area (Å²) >= 11 is 1.86. The highest BCUT2D eigenvalue weighted by Crippen LogP contribution is 2.27. The van der Waals surface area contributed by atoms with E-state index in [-0.39, 0.29) is 12.6 Å². The summed E-state index contributed by atoms with van der Waals surface area (Å²) in [5, 5.41) is 3.50. The van der Waals surface area contributed by atoms with Crippen molar-refractivity contribution in [3.63, 3.8) is 0 Å². The molecule has 0 aromatic heterocycles. The Labute approximate surface area is 130 Å². The standard InChI is InChI=1S/C16H23NO3S/c1-3-19-16(18)10-20-15-7-6-14(9-12(15)2)21-11-13-5-4-8-17-13/h6-7,9,13,17H,3-5,8,10-11H2,1-2H3/t13-/m0/s1. The van der Waals surface area contributed by atoms with Crippen LogP contribution >= 0.6 is 11.8 Å². The van der Waals surface area contributed by atoms with Crippen LogP contribution in [0.5, 0.6) is 5.75 Å². The Hall–Kier alpha value is -1.20. The lowest BCUT2D eigenvalue weighted by Crippen LogP contribution is -2.23. The third kappa shape index (κ3) is 5.25. The average molecular weight is 309 g/mol. The van der Waals surface area contributed by atoms with Gasteiger partial charge in [-0.25, -0.2) is 4.79 Å². The molecule has 1 N–H and O–H groups in total. The predicted octanol–water partition coefficient (Wildman–Crippen LogP) is 2.78. The number of hydrogen-bond acceptors (Lipinski definition) is 5. The highest BCUT2D eigenvalue weighted by molar-refractivity contribution is 7.99. The smallest absolute Gasteiger partial charge is 0.344 e. The average Bonchev–Trinajstić information content (AvgIpc) is 2.98. The maximum atomic E-state index is 11.3. The fourth-order valence-corrected chi connectivity index (χ4v) is 3.41.